The lowest BCUT2D eigenvalue weighted by atomic mass is 10.1. The van der Waals surface area contributed by atoms with Crippen LogP contribution in [-0.4, -0.2) is 41.1 Å². The first-order chi connectivity index (χ1) is 13.9. The van der Waals surface area contributed by atoms with Gasteiger partial charge >= 0.3 is 0 Å². The van der Waals surface area contributed by atoms with Crippen molar-refractivity contribution in [2.45, 2.75) is 19.5 Å². The van der Waals surface area contributed by atoms with E-state index in [0.717, 1.165) is 5.56 Å². The molecule has 0 saturated carbocycles. The standard InChI is InChI=1S/C21H22ClN3O3S/c1-24(13-14-5-3-6-16(22)11-14)19(26)15-7-8-17-18(12-15)23-21(29)25(20(17)27)9-4-10-28-2/h3,5-8,11-12H,4,9-10,13H2,1-2H3,(H,23,29). The summed E-state index contributed by atoms with van der Waals surface area (Å²) in [4.78, 5) is 30.3. The second-order valence-electron chi connectivity index (χ2n) is 6.78. The van der Waals surface area contributed by atoms with Gasteiger partial charge in [-0.15, -0.1) is 0 Å². The lowest BCUT2D eigenvalue weighted by Crippen LogP contribution is -2.27. The third kappa shape index (κ3) is 4.93. The number of nitrogens with zero attached hydrogens (tertiary/aromatic N) is 2. The third-order valence-electron chi connectivity index (χ3n) is 4.61. The van der Waals surface area contributed by atoms with Crippen LogP contribution in [0.1, 0.15) is 22.3 Å². The van der Waals surface area contributed by atoms with Crippen LogP contribution in [0.4, 0.5) is 0 Å². The molecule has 1 N–H and O–H groups in total. The number of fused-ring (bicyclic) bond motifs is 1. The van der Waals surface area contributed by atoms with E-state index in [9.17, 15) is 9.59 Å². The fourth-order valence-corrected chi connectivity index (χ4v) is 3.66. The van der Waals surface area contributed by atoms with E-state index >= 15 is 0 Å². The molecule has 0 spiro atoms. The summed E-state index contributed by atoms with van der Waals surface area (Å²) in [5, 5.41) is 1.12. The van der Waals surface area contributed by atoms with E-state index < -0.39 is 0 Å². The van der Waals surface area contributed by atoms with E-state index in [2.05, 4.69) is 4.98 Å². The number of carbonyl (C=O) groups excluding carboxylic acids is 1. The molecule has 29 heavy (non-hydrogen) atoms. The molecule has 152 valence electrons. The molecule has 0 unspecified atom stereocenters. The summed E-state index contributed by atoms with van der Waals surface area (Å²) < 4.78 is 6.88. The molecule has 0 fully saturated rings. The molecule has 3 aromatic rings. The van der Waals surface area contributed by atoms with Crippen LogP contribution in [0.15, 0.2) is 47.3 Å². The number of halogens is 1. The van der Waals surface area contributed by atoms with Crippen LogP contribution in [0.5, 0.6) is 0 Å². The van der Waals surface area contributed by atoms with Crippen LogP contribution in [0.25, 0.3) is 10.9 Å². The van der Waals surface area contributed by atoms with Crippen molar-refractivity contribution in [1.29, 1.82) is 0 Å². The van der Waals surface area contributed by atoms with Crippen molar-refractivity contribution in [2.75, 3.05) is 20.8 Å². The van der Waals surface area contributed by atoms with Gasteiger partial charge in [-0.2, -0.15) is 0 Å². The number of methoxy groups -OCH3 is 1. The summed E-state index contributed by atoms with van der Waals surface area (Å²) in [7, 11) is 3.34. The highest BCUT2D eigenvalue weighted by Crippen LogP contribution is 2.16. The second-order valence-corrected chi connectivity index (χ2v) is 7.61. The van der Waals surface area contributed by atoms with Gasteiger partial charge in [0, 0.05) is 44.4 Å². The number of nitrogens with one attached hydrogen (secondary N) is 1. The summed E-state index contributed by atoms with van der Waals surface area (Å²) >= 11 is 11.4. The van der Waals surface area contributed by atoms with Gasteiger partial charge in [-0.3, -0.25) is 14.2 Å². The predicted octanol–water partition coefficient (Wildman–Crippen LogP) is 4.02. The minimum atomic E-state index is -0.175. The number of benzene rings is 2. The molecule has 0 bridgehead atoms. The maximum Gasteiger partial charge on any atom is 0.262 e. The summed E-state index contributed by atoms with van der Waals surface area (Å²) in [6.45, 7) is 1.45. The van der Waals surface area contributed by atoms with Gasteiger partial charge in [0.05, 0.1) is 10.9 Å². The van der Waals surface area contributed by atoms with E-state index in [1.807, 2.05) is 18.2 Å². The maximum atomic E-state index is 12.8. The highest BCUT2D eigenvalue weighted by Gasteiger charge is 2.14. The molecule has 6 nitrogen and oxygen atoms in total. The highest BCUT2D eigenvalue weighted by molar-refractivity contribution is 7.71. The number of rotatable bonds is 7. The van der Waals surface area contributed by atoms with Gasteiger partial charge in [0.25, 0.3) is 11.5 Å². The molecule has 8 heteroatoms. The molecular formula is C21H22ClN3O3S. The van der Waals surface area contributed by atoms with Gasteiger partial charge in [-0.1, -0.05) is 23.7 Å². The van der Waals surface area contributed by atoms with Crippen LogP contribution in [0.2, 0.25) is 5.02 Å². The van der Waals surface area contributed by atoms with E-state index in [4.69, 9.17) is 28.6 Å². The van der Waals surface area contributed by atoms with E-state index in [1.165, 1.54) is 4.57 Å². The Labute approximate surface area is 178 Å². The number of ether oxygens (including phenoxy) is 1. The second kappa shape index (κ2) is 9.35. The van der Waals surface area contributed by atoms with Crippen molar-refractivity contribution < 1.29 is 9.53 Å². The zero-order valence-corrected chi connectivity index (χ0v) is 17.8. The Kier molecular flexibility index (Phi) is 6.84. The van der Waals surface area contributed by atoms with Crippen molar-refractivity contribution in [2.24, 2.45) is 0 Å². The number of amides is 1. The number of carbonyl (C=O) groups is 1. The minimum absolute atomic E-state index is 0.157. The van der Waals surface area contributed by atoms with E-state index in [0.29, 0.717) is 52.4 Å². The Morgan fingerprint density at radius 2 is 2.07 bits per heavy atom. The first-order valence-electron chi connectivity index (χ1n) is 9.16. The zero-order valence-electron chi connectivity index (χ0n) is 16.3. The molecule has 1 heterocycles. The fraction of sp³-hybridized carbons (Fsp3) is 0.286. The van der Waals surface area contributed by atoms with Gasteiger partial charge in [-0.05, 0) is 54.5 Å². The van der Waals surface area contributed by atoms with Crippen molar-refractivity contribution in [3.05, 3.63) is 73.7 Å². The van der Waals surface area contributed by atoms with E-state index in [-0.39, 0.29) is 11.5 Å². The first-order valence-corrected chi connectivity index (χ1v) is 9.95. The van der Waals surface area contributed by atoms with Gasteiger partial charge in [0.2, 0.25) is 0 Å². The predicted molar refractivity (Wildman–Crippen MR) is 117 cm³/mol. The number of aromatic amines is 1. The quantitative estimate of drug-likeness (QED) is 0.453. The average molecular weight is 432 g/mol. The number of hydrogen-bond acceptors (Lipinski definition) is 4. The molecule has 0 aliphatic rings. The molecule has 0 aliphatic carbocycles. The lowest BCUT2D eigenvalue weighted by molar-refractivity contribution is 0.0785. The molecule has 0 radical (unpaired) electrons. The lowest BCUT2D eigenvalue weighted by Gasteiger charge is -2.18. The molecule has 3 rings (SSSR count). The molecule has 0 atom stereocenters. The van der Waals surface area contributed by atoms with Crippen LogP contribution in [0, 0.1) is 4.77 Å². The monoisotopic (exact) mass is 431 g/mol. The minimum Gasteiger partial charge on any atom is -0.385 e. The molecule has 2 aromatic carbocycles. The van der Waals surface area contributed by atoms with Crippen molar-refractivity contribution in [3.8, 4) is 0 Å². The van der Waals surface area contributed by atoms with Gasteiger partial charge in [0.15, 0.2) is 4.77 Å². The highest BCUT2D eigenvalue weighted by atomic mass is 35.5. The molecule has 0 saturated heterocycles. The zero-order chi connectivity index (χ0) is 21.0. The Morgan fingerprint density at radius 3 is 2.79 bits per heavy atom. The fourth-order valence-electron chi connectivity index (χ4n) is 3.16. The molecule has 0 aliphatic heterocycles. The maximum absolute atomic E-state index is 12.8. The van der Waals surface area contributed by atoms with Gasteiger partial charge in [-0.25, -0.2) is 0 Å². The van der Waals surface area contributed by atoms with E-state index in [1.54, 1.807) is 43.3 Å². The van der Waals surface area contributed by atoms with Crippen LogP contribution >= 0.6 is 23.8 Å². The van der Waals surface area contributed by atoms with Crippen LogP contribution < -0.4 is 5.56 Å². The molecule has 1 amide bonds. The van der Waals surface area contributed by atoms with Gasteiger partial charge < -0.3 is 14.6 Å². The summed E-state index contributed by atoms with van der Waals surface area (Å²) in [6.07, 6.45) is 0.685. The largest absolute Gasteiger partial charge is 0.385 e. The molecule has 1 aromatic heterocycles. The Bertz CT molecular complexity index is 1160. The SMILES string of the molecule is COCCCn1c(=S)[nH]c2cc(C(=O)N(C)Cc3cccc(Cl)c3)ccc2c1=O. The number of aromatic nitrogens is 2. The molecular weight excluding hydrogens is 410 g/mol. The Balaban J connectivity index is 1.87. The Morgan fingerprint density at radius 1 is 1.28 bits per heavy atom. The average Bonchev–Trinajstić information content (AvgIpc) is 2.69. The van der Waals surface area contributed by atoms with Crippen molar-refractivity contribution >= 4 is 40.6 Å². The topological polar surface area (TPSA) is 67.3 Å². The van der Waals surface area contributed by atoms with Gasteiger partial charge in [0.1, 0.15) is 0 Å². The van der Waals surface area contributed by atoms with Crippen LogP contribution in [0.3, 0.4) is 0 Å². The number of H-pyrrole nitrogens is 1. The normalized spacial score (nSPS) is 11.0. The summed E-state index contributed by atoms with van der Waals surface area (Å²) in [6, 6.07) is 12.4. The third-order valence-corrected chi connectivity index (χ3v) is 5.17. The number of hydrogen-bond donors (Lipinski definition) is 1. The summed E-state index contributed by atoms with van der Waals surface area (Å²) in [5.41, 5.74) is 1.79. The summed E-state index contributed by atoms with van der Waals surface area (Å²) in [5.74, 6) is -0.157. The first kappa shape index (κ1) is 21.2. The van der Waals surface area contributed by atoms with Crippen molar-refractivity contribution in [3.63, 3.8) is 0 Å². The van der Waals surface area contributed by atoms with Crippen LogP contribution in [-0.2, 0) is 17.8 Å². The van der Waals surface area contributed by atoms with Crippen molar-refractivity contribution in [1.82, 2.24) is 14.5 Å². The Hall–Kier alpha value is -2.48. The smallest absolute Gasteiger partial charge is 0.262 e.